The first-order valence-corrected chi connectivity index (χ1v) is 7.15. The van der Waals surface area contributed by atoms with Crippen molar-refractivity contribution in [3.63, 3.8) is 0 Å². The molecule has 0 saturated heterocycles. The molecule has 0 spiro atoms. The van der Waals surface area contributed by atoms with Gasteiger partial charge < -0.3 is 14.5 Å². The van der Waals surface area contributed by atoms with Gasteiger partial charge in [-0.2, -0.15) is 5.26 Å². The smallest absolute Gasteiger partial charge is 0.216 e. The number of aromatic nitrogens is 4. The van der Waals surface area contributed by atoms with Crippen LogP contribution in [0.4, 0.5) is 0 Å². The number of halogens is 1. The van der Waals surface area contributed by atoms with Crippen molar-refractivity contribution in [1.82, 2.24) is 19.4 Å². The summed E-state index contributed by atoms with van der Waals surface area (Å²) in [7, 11) is 3.09. The van der Waals surface area contributed by atoms with Crippen LogP contribution in [0, 0.1) is 11.3 Å². The summed E-state index contributed by atoms with van der Waals surface area (Å²) in [5.41, 5.74) is 2.71. The molecule has 7 nitrogen and oxygen atoms in total. The van der Waals surface area contributed by atoms with Gasteiger partial charge in [0.2, 0.25) is 6.29 Å². The van der Waals surface area contributed by atoms with Crippen LogP contribution in [-0.2, 0) is 9.47 Å². The highest BCUT2D eigenvalue weighted by molar-refractivity contribution is 9.10. The van der Waals surface area contributed by atoms with Gasteiger partial charge in [-0.05, 0) is 28.1 Å². The topological polar surface area (TPSA) is 88.2 Å². The molecule has 3 aromatic heterocycles. The normalized spacial score (nSPS) is 11.2. The third kappa shape index (κ3) is 2.39. The maximum Gasteiger partial charge on any atom is 0.216 e. The van der Waals surface area contributed by atoms with E-state index in [0.29, 0.717) is 27.5 Å². The molecule has 0 aliphatic rings. The van der Waals surface area contributed by atoms with Crippen molar-refractivity contribution in [3.8, 4) is 17.3 Å². The van der Waals surface area contributed by atoms with Crippen LogP contribution in [0.5, 0.6) is 0 Å². The number of ether oxygens (including phenoxy) is 2. The lowest BCUT2D eigenvalue weighted by Gasteiger charge is -2.09. The number of nitrogens with zero attached hydrogens (tertiary/aromatic N) is 4. The average Bonchev–Trinajstić information content (AvgIpc) is 3.11. The molecule has 0 radical (unpaired) electrons. The summed E-state index contributed by atoms with van der Waals surface area (Å²) >= 11 is 3.45. The van der Waals surface area contributed by atoms with Gasteiger partial charge in [0.05, 0.1) is 6.20 Å². The summed E-state index contributed by atoms with van der Waals surface area (Å²) in [4.78, 5) is 11.7. The van der Waals surface area contributed by atoms with Gasteiger partial charge in [-0.3, -0.25) is 4.40 Å². The molecule has 0 bridgehead atoms. The molecule has 0 unspecified atom stereocenters. The summed E-state index contributed by atoms with van der Waals surface area (Å²) in [6, 6.07) is 5.83. The molecule has 0 atom stereocenters. The van der Waals surface area contributed by atoms with Crippen molar-refractivity contribution in [1.29, 1.82) is 5.26 Å². The fraction of sp³-hybridized carbons (Fsp3) is 0.214. The van der Waals surface area contributed by atoms with Crippen molar-refractivity contribution in [3.05, 3.63) is 40.6 Å². The van der Waals surface area contributed by atoms with Crippen molar-refractivity contribution in [2.45, 2.75) is 6.29 Å². The second-order valence-corrected chi connectivity index (χ2v) is 5.28. The molecule has 0 aliphatic carbocycles. The van der Waals surface area contributed by atoms with Gasteiger partial charge in [-0.15, -0.1) is 0 Å². The number of rotatable bonds is 4. The van der Waals surface area contributed by atoms with E-state index in [9.17, 15) is 0 Å². The Morgan fingerprint density at radius 3 is 2.82 bits per heavy atom. The molecular formula is C14H12BrN5O2. The third-order valence-electron chi connectivity index (χ3n) is 3.22. The van der Waals surface area contributed by atoms with Crippen LogP contribution in [0.15, 0.2) is 29.1 Å². The molecule has 22 heavy (non-hydrogen) atoms. The number of aromatic amines is 1. The van der Waals surface area contributed by atoms with Gasteiger partial charge in [-0.1, -0.05) is 0 Å². The van der Waals surface area contributed by atoms with Crippen LogP contribution in [-0.4, -0.2) is 33.6 Å². The van der Waals surface area contributed by atoms with E-state index in [4.69, 9.17) is 14.7 Å². The van der Waals surface area contributed by atoms with E-state index in [1.54, 1.807) is 18.6 Å². The van der Waals surface area contributed by atoms with Crippen LogP contribution in [0.25, 0.3) is 16.9 Å². The van der Waals surface area contributed by atoms with Gasteiger partial charge in [-0.25, -0.2) is 9.97 Å². The zero-order valence-corrected chi connectivity index (χ0v) is 13.5. The van der Waals surface area contributed by atoms with Crippen molar-refractivity contribution >= 4 is 21.6 Å². The van der Waals surface area contributed by atoms with E-state index in [1.165, 1.54) is 6.20 Å². The van der Waals surface area contributed by atoms with E-state index in [0.717, 1.165) is 5.56 Å². The van der Waals surface area contributed by atoms with Crippen molar-refractivity contribution in [2.75, 3.05) is 14.2 Å². The number of imidazole rings is 2. The first kappa shape index (κ1) is 14.7. The Morgan fingerprint density at radius 2 is 2.14 bits per heavy atom. The fourth-order valence-electron chi connectivity index (χ4n) is 2.19. The number of hydrogen-bond donors (Lipinski definition) is 1. The monoisotopic (exact) mass is 361 g/mol. The van der Waals surface area contributed by atoms with E-state index < -0.39 is 6.29 Å². The Morgan fingerprint density at radius 1 is 1.36 bits per heavy atom. The third-order valence-corrected chi connectivity index (χ3v) is 3.80. The first-order valence-electron chi connectivity index (χ1n) is 6.36. The molecule has 0 aromatic carbocycles. The average molecular weight is 362 g/mol. The Hall–Kier alpha value is -2.21. The number of H-pyrrole nitrogens is 1. The van der Waals surface area contributed by atoms with Gasteiger partial charge >= 0.3 is 0 Å². The standard InChI is InChI=1S/C14H12BrN5O2/c1-21-14(22-2)13-18-11(12(15)19-13)8-3-4-10-17-6-9(5-16)20(10)7-8/h3-4,6-7,14H,1-2H3,(H,18,19). The maximum atomic E-state index is 9.11. The van der Waals surface area contributed by atoms with Crippen LogP contribution >= 0.6 is 15.9 Å². The molecule has 8 heteroatoms. The summed E-state index contributed by atoms with van der Waals surface area (Å²) < 4.78 is 12.8. The molecule has 0 amide bonds. The van der Waals surface area contributed by atoms with Crippen molar-refractivity contribution in [2.24, 2.45) is 0 Å². The summed E-state index contributed by atoms with van der Waals surface area (Å²) in [6.45, 7) is 0. The van der Waals surface area contributed by atoms with Gasteiger partial charge in [0.1, 0.15) is 27.7 Å². The predicted molar refractivity (Wildman–Crippen MR) is 81.9 cm³/mol. The number of methoxy groups -OCH3 is 2. The largest absolute Gasteiger partial charge is 0.349 e. The summed E-state index contributed by atoms with van der Waals surface area (Å²) in [5.74, 6) is 0.554. The minimum absolute atomic E-state index is 0.468. The molecule has 3 aromatic rings. The number of hydrogen-bond acceptors (Lipinski definition) is 5. The Kier molecular flexibility index (Phi) is 3.94. The maximum absolute atomic E-state index is 9.11. The molecule has 0 aliphatic heterocycles. The highest BCUT2D eigenvalue weighted by atomic mass is 79.9. The second kappa shape index (κ2) is 5.88. The SMILES string of the molecule is COC(OC)c1nc(-c2ccc3ncc(C#N)n3c2)c(Br)[nH]1. The lowest BCUT2D eigenvalue weighted by atomic mass is 10.2. The number of nitriles is 1. The first-order chi connectivity index (χ1) is 10.7. The van der Waals surface area contributed by atoms with Crippen LogP contribution in [0.3, 0.4) is 0 Å². The van der Waals surface area contributed by atoms with E-state index in [2.05, 4.69) is 37.0 Å². The quantitative estimate of drug-likeness (QED) is 0.721. The minimum Gasteiger partial charge on any atom is -0.349 e. The van der Waals surface area contributed by atoms with Crippen LogP contribution in [0.2, 0.25) is 0 Å². The molecule has 3 rings (SSSR count). The number of nitrogens with one attached hydrogen (secondary N) is 1. The summed E-state index contributed by atoms with van der Waals surface area (Å²) in [6.07, 6.45) is 2.78. The fourth-order valence-corrected chi connectivity index (χ4v) is 2.72. The molecule has 0 fully saturated rings. The van der Waals surface area contributed by atoms with Gasteiger partial charge in [0, 0.05) is 26.0 Å². The second-order valence-electron chi connectivity index (χ2n) is 4.49. The lowest BCUT2D eigenvalue weighted by Crippen LogP contribution is -2.05. The molecular weight excluding hydrogens is 350 g/mol. The molecule has 112 valence electrons. The number of fused-ring (bicyclic) bond motifs is 1. The highest BCUT2D eigenvalue weighted by Crippen LogP contribution is 2.29. The van der Waals surface area contributed by atoms with E-state index in [1.807, 2.05) is 18.3 Å². The van der Waals surface area contributed by atoms with Gasteiger partial charge in [0.15, 0.2) is 5.82 Å². The lowest BCUT2D eigenvalue weighted by molar-refractivity contribution is -0.111. The Labute approximate surface area is 134 Å². The highest BCUT2D eigenvalue weighted by Gasteiger charge is 2.18. The predicted octanol–water partition coefficient (Wildman–Crippen LogP) is 2.65. The van der Waals surface area contributed by atoms with E-state index in [-0.39, 0.29) is 0 Å². The Balaban J connectivity index is 2.09. The molecule has 3 heterocycles. The van der Waals surface area contributed by atoms with Crippen LogP contribution < -0.4 is 0 Å². The van der Waals surface area contributed by atoms with Gasteiger partial charge in [0.25, 0.3) is 0 Å². The zero-order chi connectivity index (χ0) is 15.7. The van der Waals surface area contributed by atoms with Crippen LogP contribution in [0.1, 0.15) is 17.8 Å². The number of pyridine rings is 1. The Bertz CT molecular complexity index is 860. The summed E-state index contributed by atoms with van der Waals surface area (Å²) in [5, 5.41) is 9.11. The zero-order valence-electron chi connectivity index (χ0n) is 11.9. The van der Waals surface area contributed by atoms with Crippen molar-refractivity contribution < 1.29 is 9.47 Å². The minimum atomic E-state index is -0.573. The molecule has 1 N–H and O–H groups in total. The van der Waals surface area contributed by atoms with E-state index >= 15 is 0 Å². The molecule has 0 saturated carbocycles.